The van der Waals surface area contributed by atoms with Crippen molar-refractivity contribution in [1.29, 1.82) is 0 Å². The highest BCUT2D eigenvalue weighted by atomic mass is 32.2. The maximum absolute atomic E-state index is 4.16. The zero-order valence-electron chi connectivity index (χ0n) is 16.2. The zero-order valence-corrected chi connectivity index (χ0v) is 17.8. The molecular formula is C26H24S2. The average Bonchev–Trinajstić information content (AvgIpc) is 3.36. The summed E-state index contributed by atoms with van der Waals surface area (Å²) in [4.78, 5) is 4.33. The summed E-state index contributed by atoms with van der Waals surface area (Å²) in [6.45, 7) is 10.2. The van der Waals surface area contributed by atoms with Crippen LogP contribution in [0.4, 0.5) is 0 Å². The van der Waals surface area contributed by atoms with Crippen molar-refractivity contribution in [3.05, 3.63) is 91.9 Å². The van der Waals surface area contributed by atoms with Gasteiger partial charge in [0.1, 0.15) is 0 Å². The molecule has 1 aliphatic rings. The van der Waals surface area contributed by atoms with Gasteiger partial charge in [-0.25, -0.2) is 0 Å². The normalized spacial score (nSPS) is 17.5. The molecule has 28 heavy (non-hydrogen) atoms. The maximum Gasteiger partial charge on any atom is 0.0470 e. The first-order valence-corrected chi connectivity index (χ1v) is 11.3. The van der Waals surface area contributed by atoms with Crippen LogP contribution in [0.2, 0.25) is 0 Å². The fraction of sp³-hybridized carbons (Fsp3) is 0.154. The predicted molar refractivity (Wildman–Crippen MR) is 130 cm³/mol. The summed E-state index contributed by atoms with van der Waals surface area (Å²) < 4.78 is 0. The van der Waals surface area contributed by atoms with E-state index in [9.17, 15) is 0 Å². The van der Waals surface area contributed by atoms with Crippen LogP contribution in [-0.2, 0) is 0 Å². The Balaban J connectivity index is 1.54. The van der Waals surface area contributed by atoms with E-state index in [1.165, 1.54) is 37.4 Å². The molecule has 4 rings (SSSR count). The molecule has 140 valence electrons. The molecule has 1 unspecified atom stereocenters. The number of hydrogen-bond donors (Lipinski definition) is 0. The first-order valence-electron chi connectivity index (χ1n) is 9.65. The molecule has 1 aliphatic heterocycles. The maximum atomic E-state index is 4.16. The highest BCUT2D eigenvalue weighted by Crippen LogP contribution is 2.46. The number of thioether (sulfide) groups is 1. The minimum Gasteiger partial charge on any atom is -0.140 e. The number of hydrogen-bond acceptors (Lipinski definition) is 2. The molecular weight excluding hydrogens is 376 g/mol. The molecule has 0 radical (unpaired) electrons. The summed E-state index contributed by atoms with van der Waals surface area (Å²) in [5.41, 5.74) is 1.22. The quantitative estimate of drug-likeness (QED) is 0.448. The second kappa shape index (κ2) is 8.38. The average molecular weight is 401 g/mol. The van der Waals surface area contributed by atoms with Gasteiger partial charge in [0.25, 0.3) is 0 Å². The van der Waals surface area contributed by atoms with Gasteiger partial charge >= 0.3 is 0 Å². The Bertz CT molecular complexity index is 1190. The van der Waals surface area contributed by atoms with Gasteiger partial charge in [-0.05, 0) is 80.9 Å². The fourth-order valence-electron chi connectivity index (χ4n) is 3.50. The Hall–Kier alpha value is -2.29. The van der Waals surface area contributed by atoms with Crippen molar-refractivity contribution in [3.63, 3.8) is 0 Å². The molecule has 2 heterocycles. The van der Waals surface area contributed by atoms with E-state index < -0.39 is 0 Å². The monoisotopic (exact) mass is 400 g/mol. The predicted octanol–water partition coefficient (Wildman–Crippen LogP) is 6.92. The molecule has 0 saturated carbocycles. The number of benzene rings is 2. The molecule has 0 fully saturated rings. The van der Waals surface area contributed by atoms with Crippen molar-refractivity contribution in [2.45, 2.75) is 25.0 Å². The topological polar surface area (TPSA) is 0 Å². The first-order chi connectivity index (χ1) is 13.7. The van der Waals surface area contributed by atoms with Gasteiger partial charge in [0.05, 0.1) is 0 Å². The highest BCUT2D eigenvalue weighted by Gasteiger charge is 2.19. The summed E-state index contributed by atoms with van der Waals surface area (Å²) in [5.74, 6) is 0. The first kappa shape index (κ1) is 19.0. The molecule has 1 atom stereocenters. The summed E-state index contributed by atoms with van der Waals surface area (Å²) in [7, 11) is 0. The minimum atomic E-state index is 0.611. The number of fused-ring (bicyclic) bond motifs is 1. The second-order valence-corrected chi connectivity index (χ2v) is 9.48. The summed E-state index contributed by atoms with van der Waals surface area (Å²) in [6.07, 6.45) is 13.0. The fourth-order valence-corrected chi connectivity index (χ4v) is 5.80. The SMILES string of the molecule is C=C/C=c1/cc2ccc(/C=C/c3ccc(C4CC=C(CC)S4)s3)cc2cc1=C. The smallest absolute Gasteiger partial charge is 0.0470 e. The van der Waals surface area contributed by atoms with E-state index >= 15 is 0 Å². The van der Waals surface area contributed by atoms with E-state index in [0.29, 0.717) is 5.25 Å². The van der Waals surface area contributed by atoms with Gasteiger partial charge in [-0.1, -0.05) is 56.5 Å². The van der Waals surface area contributed by atoms with Gasteiger partial charge in [0.15, 0.2) is 0 Å². The van der Waals surface area contributed by atoms with Crippen LogP contribution in [0, 0.1) is 0 Å². The molecule has 0 saturated heterocycles. The molecule has 0 N–H and O–H groups in total. The molecule has 3 aromatic rings. The third-order valence-electron chi connectivity index (χ3n) is 5.03. The van der Waals surface area contributed by atoms with Crippen LogP contribution in [0.3, 0.4) is 0 Å². The molecule has 0 amide bonds. The minimum absolute atomic E-state index is 0.611. The van der Waals surface area contributed by atoms with Gasteiger partial charge in [-0.2, -0.15) is 0 Å². The molecule has 2 heteroatoms. The van der Waals surface area contributed by atoms with E-state index in [1.807, 2.05) is 35.3 Å². The van der Waals surface area contributed by atoms with Crippen molar-refractivity contribution >= 4 is 58.7 Å². The molecule has 0 nitrogen and oxygen atoms in total. The highest BCUT2D eigenvalue weighted by molar-refractivity contribution is 8.03. The molecule has 0 spiro atoms. The van der Waals surface area contributed by atoms with E-state index in [1.54, 1.807) is 0 Å². The Kier molecular flexibility index (Phi) is 5.70. The molecule has 2 aromatic carbocycles. The van der Waals surface area contributed by atoms with Crippen LogP contribution in [0.15, 0.2) is 66.1 Å². The lowest BCUT2D eigenvalue weighted by Crippen LogP contribution is -2.21. The van der Waals surface area contributed by atoms with Crippen molar-refractivity contribution < 1.29 is 0 Å². The Morgan fingerprint density at radius 1 is 1.07 bits per heavy atom. The summed E-state index contributed by atoms with van der Waals surface area (Å²) in [6, 6.07) is 15.5. The van der Waals surface area contributed by atoms with E-state index in [4.69, 9.17) is 0 Å². The van der Waals surface area contributed by atoms with Crippen molar-refractivity contribution in [1.82, 2.24) is 0 Å². The van der Waals surface area contributed by atoms with Crippen LogP contribution < -0.4 is 10.4 Å². The van der Waals surface area contributed by atoms with Crippen LogP contribution in [0.1, 0.15) is 40.3 Å². The van der Waals surface area contributed by atoms with Gasteiger partial charge in [0, 0.05) is 15.0 Å². The number of allylic oxidation sites excluding steroid dienone is 3. The van der Waals surface area contributed by atoms with Crippen LogP contribution in [-0.4, -0.2) is 0 Å². The van der Waals surface area contributed by atoms with Crippen molar-refractivity contribution in [2.75, 3.05) is 0 Å². The van der Waals surface area contributed by atoms with Crippen LogP contribution in [0.25, 0.3) is 35.6 Å². The van der Waals surface area contributed by atoms with Gasteiger partial charge in [-0.15, -0.1) is 23.1 Å². The van der Waals surface area contributed by atoms with Gasteiger partial charge in [0.2, 0.25) is 0 Å². The summed E-state index contributed by atoms with van der Waals surface area (Å²) >= 11 is 3.94. The summed E-state index contributed by atoms with van der Waals surface area (Å²) in [5, 5.41) is 5.22. The lowest BCUT2D eigenvalue weighted by atomic mass is 10.0. The lowest BCUT2D eigenvalue weighted by Gasteiger charge is -2.06. The standard InChI is InChI=1S/C26H24S2/c1-4-6-20-17-21-9-7-19(16-22(21)15-18(20)3)8-10-24-12-14-26(28-24)25-13-11-23(5-2)27-25/h4,6-12,14-17,25H,1,3,5,13H2,2H3/b10-8+,20-6-. The number of rotatable bonds is 5. The second-order valence-electron chi connectivity index (χ2n) is 7.00. The van der Waals surface area contributed by atoms with Crippen LogP contribution in [0.5, 0.6) is 0 Å². The van der Waals surface area contributed by atoms with Gasteiger partial charge < -0.3 is 0 Å². The molecule has 0 bridgehead atoms. The number of thiophene rings is 1. The van der Waals surface area contributed by atoms with Crippen molar-refractivity contribution in [3.8, 4) is 0 Å². The van der Waals surface area contributed by atoms with Crippen LogP contribution >= 0.6 is 23.1 Å². The Morgan fingerprint density at radius 2 is 1.96 bits per heavy atom. The van der Waals surface area contributed by atoms with E-state index in [2.05, 4.69) is 80.8 Å². The molecule has 0 aliphatic carbocycles. The third-order valence-corrected chi connectivity index (χ3v) is 7.83. The lowest BCUT2D eigenvalue weighted by molar-refractivity contribution is 1.01. The Morgan fingerprint density at radius 3 is 2.75 bits per heavy atom. The van der Waals surface area contributed by atoms with Gasteiger partial charge in [-0.3, -0.25) is 0 Å². The third kappa shape index (κ3) is 4.09. The van der Waals surface area contributed by atoms with Crippen molar-refractivity contribution in [2.24, 2.45) is 0 Å². The van der Waals surface area contributed by atoms with E-state index in [0.717, 1.165) is 16.9 Å². The largest absolute Gasteiger partial charge is 0.140 e. The molecule has 1 aromatic heterocycles. The zero-order chi connectivity index (χ0) is 19.5. The Labute approximate surface area is 175 Å². The van der Waals surface area contributed by atoms with E-state index in [-0.39, 0.29) is 0 Å².